The molecule has 0 radical (unpaired) electrons. The highest BCUT2D eigenvalue weighted by Crippen LogP contribution is 2.36. The molecule has 25 heavy (non-hydrogen) atoms. The number of esters is 1. The van der Waals surface area contributed by atoms with Crippen molar-refractivity contribution in [3.8, 4) is 0 Å². The zero-order valence-corrected chi connectivity index (χ0v) is 14.3. The number of nitrogens with zero attached hydrogens (tertiary/aromatic N) is 1. The van der Waals surface area contributed by atoms with Crippen LogP contribution in [-0.2, 0) is 15.7 Å². The highest BCUT2D eigenvalue weighted by Gasteiger charge is 2.43. The number of hydrogen-bond donors (Lipinski definition) is 1. The highest BCUT2D eigenvalue weighted by atomic mass is 19.4. The second-order valence-electron chi connectivity index (χ2n) is 6.32. The molecule has 0 spiro atoms. The molecule has 1 aromatic carbocycles. The van der Waals surface area contributed by atoms with Gasteiger partial charge in [0.1, 0.15) is 6.04 Å². The molecule has 1 aromatic rings. The minimum atomic E-state index is -4.59. The number of carbonyl (C=O) groups is 2. The Morgan fingerprint density at radius 3 is 2.32 bits per heavy atom. The Balaban J connectivity index is 2.30. The molecule has 5 nitrogen and oxygen atoms in total. The number of amides is 2. The Morgan fingerprint density at radius 2 is 1.84 bits per heavy atom. The van der Waals surface area contributed by atoms with E-state index in [1.54, 1.807) is 13.8 Å². The van der Waals surface area contributed by atoms with Crippen molar-refractivity contribution >= 4 is 17.7 Å². The van der Waals surface area contributed by atoms with Crippen LogP contribution in [0.25, 0.3) is 0 Å². The van der Waals surface area contributed by atoms with Gasteiger partial charge in [-0.25, -0.2) is 9.59 Å². The number of urea groups is 1. The number of alkyl halides is 3. The second kappa shape index (κ2) is 7.33. The van der Waals surface area contributed by atoms with Crippen molar-refractivity contribution in [2.24, 2.45) is 5.92 Å². The first-order valence-corrected chi connectivity index (χ1v) is 8.00. The molecule has 1 aliphatic rings. The zero-order valence-electron chi connectivity index (χ0n) is 14.3. The van der Waals surface area contributed by atoms with Gasteiger partial charge >= 0.3 is 18.2 Å². The summed E-state index contributed by atoms with van der Waals surface area (Å²) in [4.78, 5) is 26.1. The topological polar surface area (TPSA) is 58.6 Å². The third-order valence-electron chi connectivity index (χ3n) is 4.02. The standard InChI is InChI=1S/C17H21F3N2O3/c1-10(2)14(15(23)25-3)22(11-8-9-11)16(24)21-13-7-5-4-6-12(13)17(18,19)20/h4-7,10-11,14H,8-9H2,1-3H3,(H,21,24). The highest BCUT2D eigenvalue weighted by molar-refractivity contribution is 5.94. The third-order valence-corrected chi connectivity index (χ3v) is 4.02. The number of ether oxygens (including phenoxy) is 1. The number of hydrogen-bond acceptors (Lipinski definition) is 3. The SMILES string of the molecule is COC(=O)C(C(C)C)N(C(=O)Nc1ccccc1C(F)(F)F)C1CC1. The number of methoxy groups -OCH3 is 1. The Bertz CT molecular complexity index is 642. The lowest BCUT2D eigenvalue weighted by Crippen LogP contribution is -2.51. The van der Waals surface area contributed by atoms with Gasteiger partial charge in [0, 0.05) is 6.04 Å². The van der Waals surface area contributed by atoms with E-state index in [-0.39, 0.29) is 17.6 Å². The van der Waals surface area contributed by atoms with Crippen molar-refractivity contribution in [3.63, 3.8) is 0 Å². The van der Waals surface area contributed by atoms with Crippen LogP contribution >= 0.6 is 0 Å². The molecule has 1 N–H and O–H groups in total. The molecule has 1 unspecified atom stereocenters. The predicted molar refractivity (Wildman–Crippen MR) is 86.0 cm³/mol. The van der Waals surface area contributed by atoms with Crippen molar-refractivity contribution in [1.29, 1.82) is 0 Å². The summed E-state index contributed by atoms with van der Waals surface area (Å²) < 4.78 is 44.1. The summed E-state index contributed by atoms with van der Waals surface area (Å²) in [5.74, 6) is -0.821. The molecule has 0 aromatic heterocycles. The molecule has 2 rings (SSSR count). The lowest BCUT2D eigenvalue weighted by molar-refractivity contribution is -0.147. The first-order chi connectivity index (χ1) is 11.7. The van der Waals surface area contributed by atoms with E-state index in [0.717, 1.165) is 6.07 Å². The molecule has 1 fully saturated rings. The van der Waals surface area contributed by atoms with E-state index in [9.17, 15) is 22.8 Å². The van der Waals surface area contributed by atoms with Gasteiger partial charge in [-0.05, 0) is 30.9 Å². The molecule has 0 saturated heterocycles. The van der Waals surface area contributed by atoms with E-state index in [0.29, 0.717) is 12.8 Å². The van der Waals surface area contributed by atoms with Crippen LogP contribution in [0.2, 0.25) is 0 Å². The Hall–Kier alpha value is -2.25. The molecule has 1 saturated carbocycles. The summed E-state index contributed by atoms with van der Waals surface area (Å²) >= 11 is 0. The van der Waals surface area contributed by atoms with Crippen molar-refractivity contribution < 1.29 is 27.5 Å². The molecule has 1 aliphatic carbocycles. The quantitative estimate of drug-likeness (QED) is 0.812. The van der Waals surface area contributed by atoms with Crippen LogP contribution < -0.4 is 5.32 Å². The van der Waals surface area contributed by atoms with Crippen LogP contribution in [0, 0.1) is 5.92 Å². The van der Waals surface area contributed by atoms with E-state index in [4.69, 9.17) is 4.74 Å². The lowest BCUT2D eigenvalue weighted by Gasteiger charge is -2.32. The van der Waals surface area contributed by atoms with E-state index in [1.165, 1.54) is 30.2 Å². The number of halogens is 3. The molecule has 138 valence electrons. The van der Waals surface area contributed by atoms with Gasteiger partial charge in [0.15, 0.2) is 0 Å². The summed E-state index contributed by atoms with van der Waals surface area (Å²) in [5.41, 5.74) is -1.27. The van der Waals surface area contributed by atoms with E-state index in [2.05, 4.69) is 5.32 Å². The Labute approximate surface area is 144 Å². The summed E-state index contributed by atoms with van der Waals surface area (Å²) in [6, 6.07) is 2.99. The van der Waals surface area contributed by atoms with Gasteiger partial charge in [-0.15, -0.1) is 0 Å². The maximum Gasteiger partial charge on any atom is 0.418 e. The number of benzene rings is 1. The largest absolute Gasteiger partial charge is 0.467 e. The molecule has 0 aliphatic heterocycles. The van der Waals surface area contributed by atoms with Crippen molar-refractivity contribution in [3.05, 3.63) is 29.8 Å². The number of nitrogens with one attached hydrogen (secondary N) is 1. The van der Waals surface area contributed by atoms with Gasteiger partial charge < -0.3 is 15.0 Å². The summed E-state index contributed by atoms with van der Waals surface area (Å²) in [7, 11) is 1.22. The van der Waals surface area contributed by atoms with E-state index in [1.807, 2.05) is 0 Å². The second-order valence-corrected chi connectivity index (χ2v) is 6.32. The normalized spacial score (nSPS) is 15.6. The van der Waals surface area contributed by atoms with Crippen LogP contribution in [0.4, 0.5) is 23.7 Å². The van der Waals surface area contributed by atoms with Crippen LogP contribution in [0.1, 0.15) is 32.3 Å². The minimum absolute atomic E-state index is 0.176. The molecule has 0 bridgehead atoms. The van der Waals surface area contributed by atoms with Crippen molar-refractivity contribution in [1.82, 2.24) is 4.90 Å². The third kappa shape index (κ3) is 4.43. The van der Waals surface area contributed by atoms with Gasteiger partial charge in [0.25, 0.3) is 0 Å². The number of rotatable bonds is 5. The minimum Gasteiger partial charge on any atom is -0.467 e. The van der Waals surface area contributed by atoms with Crippen LogP contribution in [-0.4, -0.2) is 36.1 Å². The average molecular weight is 358 g/mol. The Kier molecular flexibility index (Phi) is 5.59. The van der Waals surface area contributed by atoms with Crippen LogP contribution in [0.15, 0.2) is 24.3 Å². The lowest BCUT2D eigenvalue weighted by atomic mass is 10.0. The maximum absolute atomic E-state index is 13.1. The molecule has 2 amide bonds. The van der Waals surface area contributed by atoms with Crippen molar-refractivity contribution in [2.75, 3.05) is 12.4 Å². The van der Waals surface area contributed by atoms with Crippen LogP contribution in [0.3, 0.4) is 0 Å². The fourth-order valence-electron chi connectivity index (χ4n) is 2.72. The molecule has 1 atom stereocenters. The summed E-state index contributed by atoms with van der Waals surface area (Å²) in [6.45, 7) is 3.52. The molecular formula is C17H21F3N2O3. The fourth-order valence-corrected chi connectivity index (χ4v) is 2.72. The van der Waals surface area contributed by atoms with Gasteiger partial charge in [-0.2, -0.15) is 13.2 Å². The van der Waals surface area contributed by atoms with E-state index >= 15 is 0 Å². The van der Waals surface area contributed by atoms with Crippen LogP contribution in [0.5, 0.6) is 0 Å². The van der Waals surface area contributed by atoms with Crippen molar-refractivity contribution in [2.45, 2.75) is 44.9 Å². The Morgan fingerprint density at radius 1 is 1.24 bits per heavy atom. The number of carbonyl (C=O) groups excluding carboxylic acids is 2. The number of para-hydroxylation sites is 1. The van der Waals surface area contributed by atoms with Gasteiger partial charge in [0.05, 0.1) is 18.4 Å². The van der Waals surface area contributed by atoms with Gasteiger partial charge in [-0.3, -0.25) is 0 Å². The summed E-state index contributed by atoms with van der Waals surface area (Å²) in [5, 5.41) is 2.31. The fraction of sp³-hybridized carbons (Fsp3) is 0.529. The molecular weight excluding hydrogens is 337 g/mol. The van der Waals surface area contributed by atoms with E-state index < -0.39 is 29.8 Å². The van der Waals surface area contributed by atoms with Gasteiger partial charge in [-0.1, -0.05) is 26.0 Å². The van der Waals surface area contributed by atoms with Gasteiger partial charge in [0.2, 0.25) is 0 Å². The molecule has 0 heterocycles. The zero-order chi connectivity index (χ0) is 18.8. The summed E-state index contributed by atoms with van der Waals surface area (Å²) in [6.07, 6.45) is -3.18. The predicted octanol–water partition coefficient (Wildman–Crippen LogP) is 3.90. The number of anilines is 1. The molecule has 8 heteroatoms. The monoisotopic (exact) mass is 358 g/mol. The smallest absolute Gasteiger partial charge is 0.418 e. The maximum atomic E-state index is 13.1. The average Bonchev–Trinajstić information content (AvgIpc) is 3.35. The first kappa shape index (κ1) is 19.1. The first-order valence-electron chi connectivity index (χ1n) is 8.00.